The topological polar surface area (TPSA) is 30.9 Å². The van der Waals surface area contributed by atoms with Gasteiger partial charge in [0, 0.05) is 23.7 Å². The van der Waals surface area contributed by atoms with Crippen molar-refractivity contribution in [3.8, 4) is 0 Å². The molecule has 0 amide bonds. The minimum atomic E-state index is -4.35. The first-order chi connectivity index (χ1) is 8.36. The van der Waals surface area contributed by atoms with Gasteiger partial charge in [-0.3, -0.25) is 0 Å². The normalized spacial score (nSPS) is 12.6. The maximum atomic E-state index is 13.0. The van der Waals surface area contributed by atoms with E-state index < -0.39 is 11.7 Å². The zero-order valence-corrected chi connectivity index (χ0v) is 10.3. The van der Waals surface area contributed by atoms with Crippen molar-refractivity contribution in [1.82, 2.24) is 4.57 Å². The highest BCUT2D eigenvalue weighted by Gasteiger charge is 2.34. The molecule has 0 bridgehead atoms. The van der Waals surface area contributed by atoms with Crippen LogP contribution in [0.15, 0.2) is 24.3 Å². The Morgan fingerprint density at radius 2 is 1.94 bits per heavy atom. The molecule has 2 N–H and O–H groups in total. The molecule has 0 saturated heterocycles. The Bertz CT molecular complexity index is 567. The largest absolute Gasteiger partial charge is 0.418 e. The molecular weight excluding hydrogens is 241 g/mol. The average Bonchev–Trinajstić information content (AvgIpc) is 2.65. The van der Waals surface area contributed by atoms with Crippen LogP contribution in [0.2, 0.25) is 0 Å². The highest BCUT2D eigenvalue weighted by Crippen LogP contribution is 2.37. The molecule has 0 aliphatic heterocycles. The van der Waals surface area contributed by atoms with Crippen LogP contribution in [-0.2, 0) is 12.7 Å². The Labute approximate surface area is 103 Å². The summed E-state index contributed by atoms with van der Waals surface area (Å²) in [6.07, 6.45) is -4.35. The molecule has 0 radical (unpaired) electrons. The molecule has 1 heterocycles. The van der Waals surface area contributed by atoms with Crippen LogP contribution in [-0.4, -0.2) is 4.57 Å². The summed E-state index contributed by atoms with van der Waals surface area (Å²) >= 11 is 0. The molecule has 2 rings (SSSR count). The number of para-hydroxylation sites is 1. The van der Waals surface area contributed by atoms with E-state index in [1.807, 2.05) is 13.8 Å². The fourth-order valence-corrected chi connectivity index (χ4v) is 2.32. The van der Waals surface area contributed by atoms with E-state index in [0.717, 1.165) is 11.8 Å². The van der Waals surface area contributed by atoms with Gasteiger partial charge in [0.15, 0.2) is 0 Å². The van der Waals surface area contributed by atoms with Gasteiger partial charge < -0.3 is 10.3 Å². The monoisotopic (exact) mass is 256 g/mol. The van der Waals surface area contributed by atoms with Crippen molar-refractivity contribution in [2.75, 3.05) is 0 Å². The standard InChI is InChI=1S/C13H15F3N2/c1-8(2)18-10(7-17)6-9-4-3-5-11(12(9)18)13(14,15)16/h3-6,8H,7,17H2,1-2H3. The maximum Gasteiger partial charge on any atom is 0.418 e. The Balaban J connectivity index is 2.86. The Kier molecular flexibility index (Phi) is 3.11. The fourth-order valence-electron chi connectivity index (χ4n) is 2.32. The molecule has 0 aliphatic carbocycles. The third-order valence-corrected chi connectivity index (χ3v) is 2.97. The molecule has 0 aliphatic rings. The third-order valence-electron chi connectivity index (χ3n) is 2.97. The molecular formula is C13H15F3N2. The summed E-state index contributed by atoms with van der Waals surface area (Å²) in [5.41, 5.74) is 5.95. The summed E-state index contributed by atoms with van der Waals surface area (Å²) in [6.45, 7) is 3.93. The van der Waals surface area contributed by atoms with E-state index in [-0.39, 0.29) is 18.1 Å². The Hall–Kier alpha value is -1.49. The molecule has 0 fully saturated rings. The average molecular weight is 256 g/mol. The van der Waals surface area contributed by atoms with Crippen molar-refractivity contribution in [2.24, 2.45) is 5.73 Å². The van der Waals surface area contributed by atoms with E-state index in [1.54, 1.807) is 16.7 Å². The van der Waals surface area contributed by atoms with Crippen LogP contribution in [0, 0.1) is 0 Å². The highest BCUT2D eigenvalue weighted by atomic mass is 19.4. The van der Waals surface area contributed by atoms with Gasteiger partial charge in [0.2, 0.25) is 0 Å². The summed E-state index contributed by atoms with van der Waals surface area (Å²) in [6, 6.07) is 5.88. The van der Waals surface area contributed by atoms with Crippen LogP contribution >= 0.6 is 0 Å². The zero-order chi connectivity index (χ0) is 13.5. The van der Waals surface area contributed by atoms with Crippen molar-refractivity contribution >= 4 is 10.9 Å². The van der Waals surface area contributed by atoms with E-state index in [4.69, 9.17) is 5.73 Å². The number of aromatic nitrogens is 1. The Morgan fingerprint density at radius 3 is 2.44 bits per heavy atom. The number of alkyl halides is 3. The van der Waals surface area contributed by atoms with Gasteiger partial charge >= 0.3 is 6.18 Å². The molecule has 1 aromatic carbocycles. The molecule has 0 atom stereocenters. The summed E-state index contributed by atoms with van der Waals surface area (Å²) in [5, 5.41) is 0.582. The lowest BCUT2D eigenvalue weighted by Gasteiger charge is -2.17. The molecule has 1 aromatic heterocycles. The first kappa shape index (κ1) is 13.0. The molecule has 2 aromatic rings. The number of rotatable bonds is 2. The van der Waals surface area contributed by atoms with Gasteiger partial charge in [-0.25, -0.2) is 0 Å². The molecule has 0 unspecified atom stereocenters. The summed E-state index contributed by atoms with van der Waals surface area (Å²) in [4.78, 5) is 0. The first-order valence-electron chi connectivity index (χ1n) is 5.76. The molecule has 18 heavy (non-hydrogen) atoms. The zero-order valence-electron chi connectivity index (χ0n) is 10.3. The summed E-state index contributed by atoms with van der Waals surface area (Å²) in [7, 11) is 0. The van der Waals surface area contributed by atoms with Gasteiger partial charge in [-0.05, 0) is 26.0 Å². The molecule has 0 saturated carbocycles. The predicted octanol–water partition coefficient (Wildman–Crippen LogP) is 3.70. The van der Waals surface area contributed by atoms with E-state index in [2.05, 4.69) is 0 Å². The Morgan fingerprint density at radius 1 is 1.28 bits per heavy atom. The van der Waals surface area contributed by atoms with Crippen molar-refractivity contribution in [1.29, 1.82) is 0 Å². The van der Waals surface area contributed by atoms with Crippen LogP contribution in [0.5, 0.6) is 0 Å². The number of benzene rings is 1. The predicted molar refractivity (Wildman–Crippen MR) is 65.2 cm³/mol. The lowest BCUT2D eigenvalue weighted by atomic mass is 10.1. The molecule has 0 spiro atoms. The number of hydrogen-bond donors (Lipinski definition) is 1. The van der Waals surface area contributed by atoms with E-state index in [1.165, 1.54) is 6.07 Å². The number of fused-ring (bicyclic) bond motifs is 1. The number of nitrogens with two attached hydrogens (primary N) is 1. The molecule has 5 heteroatoms. The van der Waals surface area contributed by atoms with Gasteiger partial charge in [-0.15, -0.1) is 0 Å². The second kappa shape index (κ2) is 4.31. The van der Waals surface area contributed by atoms with E-state index in [9.17, 15) is 13.2 Å². The van der Waals surface area contributed by atoms with Gasteiger partial charge in [0.1, 0.15) is 0 Å². The minimum absolute atomic E-state index is 0.0652. The quantitative estimate of drug-likeness (QED) is 0.872. The lowest BCUT2D eigenvalue weighted by molar-refractivity contribution is -0.136. The van der Waals surface area contributed by atoms with Crippen molar-refractivity contribution in [3.05, 3.63) is 35.5 Å². The fraction of sp³-hybridized carbons (Fsp3) is 0.385. The SMILES string of the molecule is CC(C)n1c(CN)cc2cccc(C(F)(F)F)c21. The number of nitrogens with zero attached hydrogens (tertiary/aromatic N) is 1. The third kappa shape index (κ3) is 1.99. The molecule has 2 nitrogen and oxygen atoms in total. The van der Waals surface area contributed by atoms with Crippen LogP contribution < -0.4 is 5.73 Å². The lowest BCUT2D eigenvalue weighted by Crippen LogP contribution is -2.13. The van der Waals surface area contributed by atoms with Gasteiger partial charge in [-0.2, -0.15) is 13.2 Å². The first-order valence-corrected chi connectivity index (χ1v) is 5.76. The smallest absolute Gasteiger partial charge is 0.340 e. The van der Waals surface area contributed by atoms with Crippen LogP contribution in [0.25, 0.3) is 10.9 Å². The van der Waals surface area contributed by atoms with Gasteiger partial charge in [-0.1, -0.05) is 12.1 Å². The highest BCUT2D eigenvalue weighted by molar-refractivity contribution is 5.85. The van der Waals surface area contributed by atoms with Crippen molar-refractivity contribution in [2.45, 2.75) is 32.6 Å². The number of hydrogen-bond acceptors (Lipinski definition) is 1. The van der Waals surface area contributed by atoms with E-state index in [0.29, 0.717) is 5.39 Å². The minimum Gasteiger partial charge on any atom is -0.340 e. The summed E-state index contributed by atoms with van der Waals surface area (Å²) in [5.74, 6) is 0. The van der Waals surface area contributed by atoms with Crippen molar-refractivity contribution < 1.29 is 13.2 Å². The maximum absolute atomic E-state index is 13.0. The molecule has 98 valence electrons. The van der Waals surface area contributed by atoms with Crippen LogP contribution in [0.4, 0.5) is 13.2 Å². The van der Waals surface area contributed by atoms with Gasteiger partial charge in [0.25, 0.3) is 0 Å². The summed E-state index contributed by atoms with van der Waals surface area (Å²) < 4.78 is 40.8. The second-order valence-electron chi connectivity index (χ2n) is 4.54. The van der Waals surface area contributed by atoms with Gasteiger partial charge in [0.05, 0.1) is 11.1 Å². The van der Waals surface area contributed by atoms with Crippen LogP contribution in [0.3, 0.4) is 0 Å². The van der Waals surface area contributed by atoms with Crippen molar-refractivity contribution in [3.63, 3.8) is 0 Å². The number of halogens is 3. The van der Waals surface area contributed by atoms with Crippen LogP contribution in [0.1, 0.15) is 31.1 Å². The second-order valence-corrected chi connectivity index (χ2v) is 4.54. The van der Waals surface area contributed by atoms with E-state index >= 15 is 0 Å².